The molecule has 3 heteroatoms. The van der Waals surface area contributed by atoms with Crippen LogP contribution >= 0.6 is 0 Å². The van der Waals surface area contributed by atoms with E-state index in [1.54, 1.807) is 0 Å². The first-order valence-electron chi connectivity index (χ1n) is 7.13. The Morgan fingerprint density at radius 2 is 2.18 bits per heavy atom. The lowest BCUT2D eigenvalue weighted by Crippen LogP contribution is -2.50. The summed E-state index contributed by atoms with van der Waals surface area (Å²) < 4.78 is 5.38. The second-order valence-electron chi connectivity index (χ2n) is 5.58. The number of hydrogen-bond acceptors (Lipinski definition) is 3. The third-order valence-corrected chi connectivity index (χ3v) is 3.76. The Bertz CT molecular complexity index is 197. The molecular formula is C14H30N2O. The molecule has 1 fully saturated rings. The number of piperidine rings is 1. The summed E-state index contributed by atoms with van der Waals surface area (Å²) in [7, 11) is 1.81. The molecule has 0 spiro atoms. The molecule has 0 aliphatic carbocycles. The summed E-state index contributed by atoms with van der Waals surface area (Å²) in [5, 5.41) is 3.54. The normalized spacial score (nSPS) is 24.2. The first-order chi connectivity index (χ1) is 8.17. The van der Waals surface area contributed by atoms with Crippen molar-refractivity contribution in [2.24, 2.45) is 5.92 Å². The van der Waals surface area contributed by atoms with E-state index in [2.05, 4.69) is 31.0 Å². The van der Waals surface area contributed by atoms with Crippen LogP contribution in [0.3, 0.4) is 0 Å². The zero-order chi connectivity index (χ0) is 12.7. The van der Waals surface area contributed by atoms with Crippen LogP contribution in [0.15, 0.2) is 0 Å². The van der Waals surface area contributed by atoms with Crippen molar-refractivity contribution in [1.82, 2.24) is 10.2 Å². The minimum Gasteiger partial charge on any atom is -0.383 e. The summed E-state index contributed by atoms with van der Waals surface area (Å²) >= 11 is 0. The number of ether oxygens (including phenoxy) is 1. The number of nitrogens with one attached hydrogen (secondary N) is 1. The number of rotatable bonds is 7. The molecule has 0 aromatic carbocycles. The first-order valence-corrected chi connectivity index (χ1v) is 7.13. The van der Waals surface area contributed by atoms with Gasteiger partial charge in [-0.3, -0.25) is 4.90 Å². The number of likely N-dealkylation sites (tertiary alicyclic amines) is 1. The Balaban J connectivity index is 2.44. The quantitative estimate of drug-likeness (QED) is 0.740. The topological polar surface area (TPSA) is 24.5 Å². The van der Waals surface area contributed by atoms with Crippen LogP contribution in [0.5, 0.6) is 0 Å². The smallest absolute Gasteiger partial charge is 0.0630 e. The highest BCUT2D eigenvalue weighted by molar-refractivity contribution is 4.80. The number of methoxy groups -OCH3 is 1. The Morgan fingerprint density at radius 1 is 1.41 bits per heavy atom. The Hall–Kier alpha value is -0.120. The SMILES string of the molecule is CCC1CCCN(C(CNC(C)C)COC)C1. The van der Waals surface area contributed by atoms with Gasteiger partial charge in [-0.05, 0) is 25.3 Å². The van der Waals surface area contributed by atoms with Crippen molar-refractivity contribution in [3.05, 3.63) is 0 Å². The lowest BCUT2D eigenvalue weighted by atomic mass is 9.94. The van der Waals surface area contributed by atoms with E-state index in [9.17, 15) is 0 Å². The van der Waals surface area contributed by atoms with E-state index in [0.717, 1.165) is 19.1 Å². The van der Waals surface area contributed by atoms with Crippen molar-refractivity contribution in [1.29, 1.82) is 0 Å². The predicted molar refractivity (Wildman–Crippen MR) is 73.4 cm³/mol. The maximum atomic E-state index is 5.38. The van der Waals surface area contributed by atoms with Gasteiger partial charge in [0.2, 0.25) is 0 Å². The van der Waals surface area contributed by atoms with Gasteiger partial charge in [0.15, 0.2) is 0 Å². The van der Waals surface area contributed by atoms with Crippen LogP contribution in [0, 0.1) is 5.92 Å². The average molecular weight is 242 g/mol. The molecule has 17 heavy (non-hydrogen) atoms. The standard InChI is InChI=1S/C14H30N2O/c1-5-13-7-6-8-16(10-13)14(11-17-4)9-15-12(2)3/h12-15H,5-11H2,1-4H3. The molecule has 1 aliphatic heterocycles. The second-order valence-corrected chi connectivity index (χ2v) is 5.58. The van der Waals surface area contributed by atoms with E-state index in [4.69, 9.17) is 4.74 Å². The van der Waals surface area contributed by atoms with Gasteiger partial charge in [-0.2, -0.15) is 0 Å². The van der Waals surface area contributed by atoms with Crippen LogP contribution < -0.4 is 5.32 Å². The van der Waals surface area contributed by atoms with E-state index in [-0.39, 0.29) is 0 Å². The van der Waals surface area contributed by atoms with E-state index >= 15 is 0 Å². The van der Waals surface area contributed by atoms with Gasteiger partial charge >= 0.3 is 0 Å². The van der Waals surface area contributed by atoms with Crippen molar-refractivity contribution in [2.45, 2.75) is 52.1 Å². The largest absolute Gasteiger partial charge is 0.383 e. The molecule has 0 amide bonds. The Kier molecular flexibility index (Phi) is 7.09. The van der Waals surface area contributed by atoms with Gasteiger partial charge in [-0.15, -0.1) is 0 Å². The minimum absolute atomic E-state index is 0.539. The molecule has 1 rings (SSSR count). The lowest BCUT2D eigenvalue weighted by molar-refractivity contribution is 0.0575. The van der Waals surface area contributed by atoms with Crippen molar-refractivity contribution < 1.29 is 4.74 Å². The molecule has 1 N–H and O–H groups in total. The van der Waals surface area contributed by atoms with Crippen LogP contribution in [-0.2, 0) is 4.74 Å². The molecule has 0 aromatic rings. The van der Waals surface area contributed by atoms with Gasteiger partial charge in [0.1, 0.15) is 0 Å². The molecule has 3 nitrogen and oxygen atoms in total. The van der Waals surface area contributed by atoms with E-state index in [1.165, 1.54) is 32.4 Å². The Morgan fingerprint density at radius 3 is 2.76 bits per heavy atom. The molecule has 1 heterocycles. The molecule has 0 saturated carbocycles. The molecule has 1 aliphatic rings. The van der Waals surface area contributed by atoms with Gasteiger partial charge < -0.3 is 10.1 Å². The molecule has 0 radical (unpaired) electrons. The average Bonchev–Trinajstić information content (AvgIpc) is 2.34. The van der Waals surface area contributed by atoms with Gasteiger partial charge in [-0.1, -0.05) is 27.2 Å². The van der Waals surface area contributed by atoms with Gasteiger partial charge in [0.05, 0.1) is 6.61 Å². The molecule has 2 unspecified atom stereocenters. The van der Waals surface area contributed by atoms with Crippen LogP contribution in [0.4, 0.5) is 0 Å². The fourth-order valence-electron chi connectivity index (χ4n) is 2.62. The third-order valence-electron chi connectivity index (χ3n) is 3.76. The zero-order valence-corrected chi connectivity index (χ0v) is 12.0. The highest BCUT2D eigenvalue weighted by Crippen LogP contribution is 2.20. The van der Waals surface area contributed by atoms with Crippen molar-refractivity contribution in [3.63, 3.8) is 0 Å². The van der Waals surface area contributed by atoms with Crippen LogP contribution in [0.2, 0.25) is 0 Å². The van der Waals surface area contributed by atoms with Gasteiger partial charge in [-0.25, -0.2) is 0 Å². The van der Waals surface area contributed by atoms with Crippen LogP contribution in [0.1, 0.15) is 40.0 Å². The maximum Gasteiger partial charge on any atom is 0.0630 e. The summed E-state index contributed by atoms with van der Waals surface area (Å²) in [6.45, 7) is 11.1. The summed E-state index contributed by atoms with van der Waals surface area (Å²) in [5.41, 5.74) is 0. The van der Waals surface area contributed by atoms with Crippen LogP contribution in [-0.4, -0.2) is 50.3 Å². The monoisotopic (exact) mass is 242 g/mol. The molecular weight excluding hydrogens is 212 g/mol. The Labute approximate surface area is 107 Å². The van der Waals surface area contributed by atoms with E-state index in [0.29, 0.717) is 12.1 Å². The summed E-state index contributed by atoms with van der Waals surface area (Å²) in [6, 6.07) is 1.10. The fourth-order valence-corrected chi connectivity index (χ4v) is 2.62. The van der Waals surface area contributed by atoms with Crippen molar-refractivity contribution in [3.8, 4) is 0 Å². The lowest BCUT2D eigenvalue weighted by Gasteiger charge is -2.38. The summed E-state index contributed by atoms with van der Waals surface area (Å²) in [4.78, 5) is 2.62. The van der Waals surface area contributed by atoms with Crippen molar-refractivity contribution >= 4 is 0 Å². The molecule has 2 atom stereocenters. The fraction of sp³-hybridized carbons (Fsp3) is 1.00. The minimum atomic E-state index is 0.539. The zero-order valence-electron chi connectivity index (χ0n) is 12.0. The molecule has 0 aromatic heterocycles. The molecule has 1 saturated heterocycles. The second kappa shape index (κ2) is 8.06. The maximum absolute atomic E-state index is 5.38. The molecule has 102 valence electrons. The van der Waals surface area contributed by atoms with E-state index in [1.807, 2.05) is 7.11 Å². The first kappa shape index (κ1) is 14.9. The predicted octanol–water partition coefficient (Wildman–Crippen LogP) is 2.12. The number of nitrogens with zero attached hydrogens (tertiary/aromatic N) is 1. The molecule has 0 bridgehead atoms. The third kappa shape index (κ3) is 5.36. The van der Waals surface area contributed by atoms with Gasteiger partial charge in [0.25, 0.3) is 0 Å². The van der Waals surface area contributed by atoms with E-state index < -0.39 is 0 Å². The van der Waals surface area contributed by atoms with Crippen LogP contribution in [0.25, 0.3) is 0 Å². The van der Waals surface area contributed by atoms with Crippen molar-refractivity contribution in [2.75, 3.05) is 33.4 Å². The highest BCUT2D eigenvalue weighted by atomic mass is 16.5. The van der Waals surface area contributed by atoms with Gasteiger partial charge in [0, 0.05) is 32.3 Å². The highest BCUT2D eigenvalue weighted by Gasteiger charge is 2.24. The summed E-state index contributed by atoms with van der Waals surface area (Å²) in [5.74, 6) is 0.891. The summed E-state index contributed by atoms with van der Waals surface area (Å²) in [6.07, 6.45) is 4.07. The number of hydrogen-bond donors (Lipinski definition) is 1.